The van der Waals surface area contributed by atoms with E-state index >= 15 is 0 Å². The van der Waals surface area contributed by atoms with Crippen LogP contribution in [0, 0.1) is 13.8 Å². The van der Waals surface area contributed by atoms with E-state index in [-0.39, 0.29) is 24.0 Å². The number of rotatable bonds is 6. The lowest BCUT2D eigenvalue weighted by Crippen LogP contribution is -2.38. The molecule has 0 unspecified atom stereocenters. The topological polar surface area (TPSA) is 78.0 Å². The van der Waals surface area contributed by atoms with Gasteiger partial charge in [-0.15, -0.1) is 35.3 Å². The molecule has 3 N–H and O–H groups in total. The van der Waals surface area contributed by atoms with Crippen LogP contribution in [0.15, 0.2) is 29.3 Å². The zero-order valence-corrected chi connectivity index (χ0v) is 18.4. The SMILES string of the molecule is CCNC(=NCc1sc(C)nc1C)NCCc1nc2ccccc2[nH]1.I. The smallest absolute Gasteiger partial charge is 0.191 e. The molecule has 0 fully saturated rings. The number of imidazole rings is 1. The summed E-state index contributed by atoms with van der Waals surface area (Å²) < 4.78 is 0. The van der Waals surface area contributed by atoms with Crippen LogP contribution in [0.4, 0.5) is 0 Å². The van der Waals surface area contributed by atoms with Crippen molar-refractivity contribution in [3.05, 3.63) is 45.7 Å². The van der Waals surface area contributed by atoms with E-state index in [0.717, 1.165) is 53.0 Å². The monoisotopic (exact) mass is 484 g/mol. The first kappa shape index (κ1) is 20.6. The molecule has 8 heteroatoms. The van der Waals surface area contributed by atoms with Crippen LogP contribution in [0.3, 0.4) is 0 Å². The van der Waals surface area contributed by atoms with Crippen molar-refractivity contribution >= 4 is 52.3 Å². The van der Waals surface area contributed by atoms with Crippen LogP contribution in [-0.2, 0) is 13.0 Å². The lowest BCUT2D eigenvalue weighted by molar-refractivity contribution is 0.780. The average Bonchev–Trinajstić information content (AvgIpc) is 3.14. The number of para-hydroxylation sites is 2. The predicted molar refractivity (Wildman–Crippen MR) is 120 cm³/mol. The van der Waals surface area contributed by atoms with E-state index in [1.165, 1.54) is 4.88 Å². The van der Waals surface area contributed by atoms with E-state index in [4.69, 9.17) is 0 Å². The Hall–Kier alpha value is -1.68. The third-order valence-electron chi connectivity index (χ3n) is 3.82. The predicted octanol–water partition coefficient (Wildman–Crippen LogP) is 3.55. The van der Waals surface area contributed by atoms with Gasteiger partial charge in [-0.25, -0.2) is 15.0 Å². The maximum Gasteiger partial charge on any atom is 0.191 e. The number of aliphatic imine (C=N–C) groups is 1. The largest absolute Gasteiger partial charge is 0.357 e. The van der Waals surface area contributed by atoms with E-state index < -0.39 is 0 Å². The van der Waals surface area contributed by atoms with Gasteiger partial charge in [0.1, 0.15) is 5.82 Å². The van der Waals surface area contributed by atoms with E-state index in [2.05, 4.69) is 37.5 Å². The molecule has 2 aromatic heterocycles. The van der Waals surface area contributed by atoms with Gasteiger partial charge >= 0.3 is 0 Å². The van der Waals surface area contributed by atoms with Crippen LogP contribution in [-0.4, -0.2) is 34.0 Å². The zero-order valence-electron chi connectivity index (χ0n) is 15.3. The fourth-order valence-electron chi connectivity index (χ4n) is 2.64. The molecule has 140 valence electrons. The summed E-state index contributed by atoms with van der Waals surface area (Å²) in [6, 6.07) is 8.09. The minimum absolute atomic E-state index is 0. The Bertz CT molecular complexity index is 837. The van der Waals surface area contributed by atoms with Gasteiger partial charge in [0.05, 0.1) is 28.3 Å². The highest BCUT2D eigenvalue weighted by molar-refractivity contribution is 14.0. The first-order valence-electron chi connectivity index (χ1n) is 8.54. The number of thiazole rings is 1. The Morgan fingerprint density at radius 3 is 2.69 bits per heavy atom. The van der Waals surface area contributed by atoms with Crippen molar-refractivity contribution in [3.63, 3.8) is 0 Å². The molecular formula is C18H25IN6S. The van der Waals surface area contributed by atoms with Gasteiger partial charge in [-0.05, 0) is 32.9 Å². The van der Waals surface area contributed by atoms with E-state index in [0.29, 0.717) is 6.54 Å². The molecule has 3 rings (SSSR count). The van der Waals surface area contributed by atoms with E-state index in [1.54, 1.807) is 11.3 Å². The molecule has 0 amide bonds. The molecular weight excluding hydrogens is 459 g/mol. The average molecular weight is 484 g/mol. The van der Waals surface area contributed by atoms with Gasteiger partial charge in [-0.1, -0.05) is 12.1 Å². The third-order valence-corrected chi connectivity index (χ3v) is 4.87. The maximum absolute atomic E-state index is 4.67. The summed E-state index contributed by atoms with van der Waals surface area (Å²) in [5, 5.41) is 7.75. The molecule has 2 heterocycles. The first-order valence-corrected chi connectivity index (χ1v) is 9.36. The van der Waals surface area contributed by atoms with Gasteiger partial charge in [-0.2, -0.15) is 0 Å². The Morgan fingerprint density at radius 1 is 1.19 bits per heavy atom. The van der Waals surface area contributed by atoms with Crippen molar-refractivity contribution in [3.8, 4) is 0 Å². The summed E-state index contributed by atoms with van der Waals surface area (Å²) in [5.41, 5.74) is 3.16. The van der Waals surface area contributed by atoms with E-state index in [9.17, 15) is 0 Å². The number of fused-ring (bicyclic) bond motifs is 1. The Kier molecular flexibility index (Phi) is 7.83. The number of aryl methyl sites for hydroxylation is 2. The van der Waals surface area contributed by atoms with Gasteiger partial charge in [0, 0.05) is 24.4 Å². The van der Waals surface area contributed by atoms with Crippen LogP contribution < -0.4 is 10.6 Å². The highest BCUT2D eigenvalue weighted by Crippen LogP contribution is 2.17. The Balaban J connectivity index is 0.00000243. The number of guanidine groups is 1. The number of benzene rings is 1. The molecule has 0 saturated carbocycles. The molecule has 0 aliphatic rings. The molecule has 0 bridgehead atoms. The summed E-state index contributed by atoms with van der Waals surface area (Å²) in [4.78, 5) is 18.3. The minimum atomic E-state index is 0. The molecule has 0 aliphatic carbocycles. The fourth-order valence-corrected chi connectivity index (χ4v) is 3.50. The van der Waals surface area contributed by atoms with Crippen LogP contribution in [0.5, 0.6) is 0 Å². The van der Waals surface area contributed by atoms with Crippen molar-refractivity contribution in [2.45, 2.75) is 33.7 Å². The normalized spacial score (nSPS) is 11.4. The van der Waals surface area contributed by atoms with Crippen LogP contribution in [0.2, 0.25) is 0 Å². The number of H-pyrrole nitrogens is 1. The Morgan fingerprint density at radius 2 is 2.00 bits per heavy atom. The van der Waals surface area contributed by atoms with Crippen LogP contribution >= 0.6 is 35.3 Å². The lowest BCUT2D eigenvalue weighted by atomic mass is 10.3. The minimum Gasteiger partial charge on any atom is -0.357 e. The number of halogens is 1. The number of hydrogen-bond donors (Lipinski definition) is 3. The Labute approximate surface area is 175 Å². The van der Waals surface area contributed by atoms with Gasteiger partial charge in [0.25, 0.3) is 0 Å². The summed E-state index contributed by atoms with van der Waals surface area (Å²) in [5.74, 6) is 1.81. The molecule has 1 aromatic carbocycles. The summed E-state index contributed by atoms with van der Waals surface area (Å²) in [7, 11) is 0. The van der Waals surface area contributed by atoms with Crippen molar-refractivity contribution in [1.82, 2.24) is 25.6 Å². The summed E-state index contributed by atoms with van der Waals surface area (Å²) in [6.45, 7) is 8.39. The van der Waals surface area contributed by atoms with Crippen molar-refractivity contribution in [2.75, 3.05) is 13.1 Å². The van der Waals surface area contributed by atoms with Gasteiger partial charge in [-0.3, -0.25) is 0 Å². The molecule has 0 atom stereocenters. The second-order valence-corrected chi connectivity index (χ2v) is 7.10. The van der Waals surface area contributed by atoms with Gasteiger partial charge in [0.2, 0.25) is 0 Å². The second-order valence-electron chi connectivity index (χ2n) is 5.81. The molecule has 26 heavy (non-hydrogen) atoms. The number of aromatic amines is 1. The molecule has 0 radical (unpaired) electrons. The van der Waals surface area contributed by atoms with Crippen molar-refractivity contribution < 1.29 is 0 Å². The molecule has 6 nitrogen and oxygen atoms in total. The number of hydrogen-bond acceptors (Lipinski definition) is 4. The number of nitrogens with zero attached hydrogens (tertiary/aromatic N) is 3. The van der Waals surface area contributed by atoms with Crippen LogP contribution in [0.1, 0.15) is 28.3 Å². The standard InChI is InChI=1S/C18H24N6S.HI/c1-4-19-18(21-11-16-12(2)22-13(3)25-16)20-10-9-17-23-14-7-5-6-8-15(14)24-17;/h5-8H,4,9-11H2,1-3H3,(H,23,24)(H2,19,20,21);1H. The summed E-state index contributed by atoms with van der Waals surface area (Å²) >= 11 is 1.71. The zero-order chi connectivity index (χ0) is 17.6. The maximum atomic E-state index is 4.67. The highest BCUT2D eigenvalue weighted by atomic mass is 127. The first-order chi connectivity index (χ1) is 12.2. The van der Waals surface area contributed by atoms with Gasteiger partial charge in [0.15, 0.2) is 5.96 Å². The fraction of sp³-hybridized carbons (Fsp3) is 0.389. The quantitative estimate of drug-likeness (QED) is 0.284. The molecule has 0 spiro atoms. The summed E-state index contributed by atoms with van der Waals surface area (Å²) in [6.07, 6.45) is 0.817. The third kappa shape index (κ3) is 5.41. The van der Waals surface area contributed by atoms with Crippen molar-refractivity contribution in [2.24, 2.45) is 4.99 Å². The second kappa shape index (κ2) is 9.86. The van der Waals surface area contributed by atoms with Gasteiger partial charge < -0.3 is 15.6 Å². The molecule has 3 aromatic rings. The molecule has 0 saturated heterocycles. The number of nitrogens with one attached hydrogen (secondary N) is 3. The highest BCUT2D eigenvalue weighted by Gasteiger charge is 2.06. The number of aromatic nitrogens is 3. The van der Waals surface area contributed by atoms with E-state index in [1.807, 2.05) is 38.1 Å². The van der Waals surface area contributed by atoms with Crippen LogP contribution in [0.25, 0.3) is 11.0 Å². The lowest BCUT2D eigenvalue weighted by Gasteiger charge is -2.10. The van der Waals surface area contributed by atoms with Crippen molar-refractivity contribution in [1.29, 1.82) is 0 Å². The molecule has 0 aliphatic heterocycles.